The maximum atomic E-state index is 2.43. The van der Waals surface area contributed by atoms with Gasteiger partial charge < -0.3 is 0 Å². The highest BCUT2D eigenvalue weighted by molar-refractivity contribution is 8.12. The fourth-order valence-corrected chi connectivity index (χ4v) is 9.65. The van der Waals surface area contributed by atoms with Crippen molar-refractivity contribution in [3.8, 4) is 21.6 Å². The summed E-state index contributed by atoms with van der Waals surface area (Å²) in [4.78, 5) is 5.57. The molecule has 5 aromatic rings. The predicted octanol–water partition coefficient (Wildman–Crippen LogP) is 13.3. The largest absolute Gasteiger partial charge is 0.239 e. The van der Waals surface area contributed by atoms with Crippen molar-refractivity contribution in [2.24, 2.45) is 0 Å². The lowest BCUT2D eigenvalue weighted by Gasteiger charge is -2.28. The van der Waals surface area contributed by atoms with E-state index < -0.39 is 0 Å². The Morgan fingerprint density at radius 2 is 1.21 bits per heavy atom. The highest BCUT2D eigenvalue weighted by Crippen LogP contribution is 2.51. The molecule has 8 rings (SSSR count). The molecule has 0 spiro atoms. The molecule has 0 unspecified atom stereocenters. The molecule has 47 heavy (non-hydrogen) atoms. The first-order valence-corrected chi connectivity index (χ1v) is 18.4. The standard InChI is InChI=1S/C45H37S2/c1-5-16-32(17-6-1)40-30-42(34-20-9-3-10-21-34)46-44-36(26-14-28-38(40)44)24-13-25-37-27-15-29-39-41(33-18-7-2-8-19-33)31-43(47-45(37)39)35-22-11-4-12-23-35/h1-13,16-25,30-31H,14-15,26-29H2/q+1. The molecule has 0 saturated carbocycles. The molecule has 2 heteroatoms. The molecule has 3 aliphatic rings. The van der Waals surface area contributed by atoms with Gasteiger partial charge in [-0.25, -0.2) is 0 Å². The van der Waals surface area contributed by atoms with Crippen LogP contribution in [0.15, 0.2) is 168 Å². The van der Waals surface area contributed by atoms with Crippen LogP contribution < -0.4 is 0 Å². The van der Waals surface area contributed by atoms with E-state index in [9.17, 15) is 0 Å². The van der Waals surface area contributed by atoms with Crippen LogP contribution in [0, 0.1) is 0 Å². The van der Waals surface area contributed by atoms with Crippen LogP contribution in [0.25, 0.3) is 37.6 Å². The average Bonchev–Trinajstić information content (AvgIpc) is 3.15. The van der Waals surface area contributed by atoms with E-state index in [4.69, 9.17) is 0 Å². The van der Waals surface area contributed by atoms with Gasteiger partial charge in [0.1, 0.15) is 0 Å². The van der Waals surface area contributed by atoms with Gasteiger partial charge in [0.15, 0.2) is 0 Å². The van der Waals surface area contributed by atoms with Gasteiger partial charge in [-0.2, -0.15) is 0 Å². The van der Waals surface area contributed by atoms with Crippen molar-refractivity contribution in [1.29, 1.82) is 0 Å². The summed E-state index contributed by atoms with van der Waals surface area (Å²) < 4.78 is 0. The molecule has 1 aromatic heterocycles. The van der Waals surface area contributed by atoms with Crippen molar-refractivity contribution >= 4 is 39.2 Å². The Bertz CT molecular complexity index is 2060. The third-order valence-corrected chi connectivity index (χ3v) is 12.0. The van der Waals surface area contributed by atoms with Gasteiger partial charge in [-0.1, -0.05) is 139 Å². The summed E-state index contributed by atoms with van der Waals surface area (Å²) in [5.74, 6) is 0. The molecule has 0 bridgehead atoms. The van der Waals surface area contributed by atoms with Crippen LogP contribution in [0.1, 0.15) is 53.7 Å². The van der Waals surface area contributed by atoms with E-state index in [0.717, 1.165) is 25.7 Å². The second-order valence-corrected chi connectivity index (χ2v) is 14.5. The van der Waals surface area contributed by atoms with E-state index in [1.165, 1.54) is 88.1 Å². The van der Waals surface area contributed by atoms with E-state index in [2.05, 4.69) is 152 Å². The molecule has 2 heterocycles. The molecule has 0 atom stereocenters. The Labute approximate surface area is 287 Å². The van der Waals surface area contributed by atoms with Crippen molar-refractivity contribution in [1.82, 2.24) is 0 Å². The summed E-state index contributed by atoms with van der Waals surface area (Å²) in [5.41, 5.74) is 13.9. The number of benzene rings is 4. The van der Waals surface area contributed by atoms with E-state index >= 15 is 0 Å². The van der Waals surface area contributed by atoms with Crippen LogP contribution in [0.4, 0.5) is 0 Å². The second-order valence-electron chi connectivity index (χ2n) is 12.4. The zero-order valence-corrected chi connectivity index (χ0v) is 28.1. The summed E-state index contributed by atoms with van der Waals surface area (Å²) in [5, 5.41) is 0. The molecular formula is C45H37S2+. The molecule has 2 aliphatic carbocycles. The number of thioether (sulfide) groups is 1. The fraction of sp³-hybridized carbons (Fsp3) is 0.133. The summed E-state index contributed by atoms with van der Waals surface area (Å²) in [6, 6.07) is 46.1. The van der Waals surface area contributed by atoms with Crippen LogP contribution in [0.5, 0.6) is 0 Å². The van der Waals surface area contributed by atoms with Gasteiger partial charge in [-0.15, -0.1) is 0 Å². The molecule has 0 radical (unpaired) electrons. The van der Waals surface area contributed by atoms with Crippen molar-refractivity contribution in [3.63, 3.8) is 0 Å². The lowest BCUT2D eigenvalue weighted by Crippen LogP contribution is -2.06. The summed E-state index contributed by atoms with van der Waals surface area (Å²) in [7, 11) is 0. The smallest absolute Gasteiger partial charge is 0.0888 e. The Morgan fingerprint density at radius 1 is 0.596 bits per heavy atom. The third-order valence-electron chi connectivity index (χ3n) is 9.38. The molecule has 0 nitrogen and oxygen atoms in total. The van der Waals surface area contributed by atoms with Crippen molar-refractivity contribution in [3.05, 3.63) is 189 Å². The van der Waals surface area contributed by atoms with Gasteiger partial charge in [-0.05, 0) is 95.7 Å². The van der Waals surface area contributed by atoms with Gasteiger partial charge >= 0.3 is 0 Å². The maximum Gasteiger partial charge on any atom is 0.239 e. The molecule has 0 fully saturated rings. The summed E-state index contributed by atoms with van der Waals surface area (Å²) in [6.07, 6.45) is 16.5. The van der Waals surface area contributed by atoms with Crippen LogP contribution in [-0.2, 0) is 6.42 Å². The van der Waals surface area contributed by atoms with Crippen LogP contribution >= 0.6 is 23.1 Å². The zero-order valence-electron chi connectivity index (χ0n) is 26.5. The number of rotatable bonds is 6. The second kappa shape index (κ2) is 13.7. The van der Waals surface area contributed by atoms with Crippen LogP contribution in [-0.4, -0.2) is 0 Å². The molecule has 0 saturated heterocycles. The Morgan fingerprint density at radius 3 is 1.91 bits per heavy atom. The van der Waals surface area contributed by atoms with E-state index in [-0.39, 0.29) is 0 Å². The first-order valence-electron chi connectivity index (χ1n) is 16.8. The van der Waals surface area contributed by atoms with Gasteiger partial charge in [0.05, 0.1) is 0 Å². The molecule has 0 amide bonds. The van der Waals surface area contributed by atoms with Crippen molar-refractivity contribution < 1.29 is 0 Å². The van der Waals surface area contributed by atoms with Gasteiger partial charge in [0, 0.05) is 32.6 Å². The normalized spacial score (nSPS) is 17.1. The quantitative estimate of drug-likeness (QED) is 0.166. The molecule has 228 valence electrons. The van der Waals surface area contributed by atoms with E-state index in [1.54, 1.807) is 0 Å². The summed E-state index contributed by atoms with van der Waals surface area (Å²) in [6.45, 7) is 0. The molecule has 1 aliphatic heterocycles. The maximum absolute atomic E-state index is 2.43. The predicted molar refractivity (Wildman–Crippen MR) is 206 cm³/mol. The minimum atomic E-state index is 1.12. The topological polar surface area (TPSA) is 0 Å². The molecular weight excluding hydrogens is 605 g/mol. The minimum absolute atomic E-state index is 1.12. The fourth-order valence-electron chi connectivity index (χ4n) is 7.07. The SMILES string of the molecule is C1=C(c2ccccc2)SC2=C(/C=C/C=C3\CCCc4c(-c5ccccc5)cc(-c5ccccc5)[s+]c43)CCCC2=C1c1ccccc1. The van der Waals surface area contributed by atoms with E-state index in [1.807, 2.05) is 23.1 Å². The van der Waals surface area contributed by atoms with Crippen LogP contribution in [0.3, 0.4) is 0 Å². The monoisotopic (exact) mass is 641 g/mol. The lowest BCUT2D eigenvalue weighted by molar-refractivity contribution is 0.795. The third kappa shape index (κ3) is 6.29. The highest BCUT2D eigenvalue weighted by Gasteiger charge is 2.30. The Kier molecular flexibility index (Phi) is 8.70. The van der Waals surface area contributed by atoms with Crippen LogP contribution in [0.2, 0.25) is 0 Å². The highest BCUT2D eigenvalue weighted by atomic mass is 32.2. The van der Waals surface area contributed by atoms with Gasteiger partial charge in [-0.3, -0.25) is 0 Å². The number of hydrogen-bond donors (Lipinski definition) is 0. The van der Waals surface area contributed by atoms with Gasteiger partial charge in [0.2, 0.25) is 21.1 Å². The first kappa shape index (κ1) is 29.9. The zero-order chi connectivity index (χ0) is 31.4. The van der Waals surface area contributed by atoms with E-state index in [0.29, 0.717) is 0 Å². The lowest BCUT2D eigenvalue weighted by atomic mass is 9.87. The summed E-state index contributed by atoms with van der Waals surface area (Å²) >= 11 is 3.92. The van der Waals surface area contributed by atoms with Crippen molar-refractivity contribution in [2.75, 3.05) is 0 Å². The molecule has 0 N–H and O–H groups in total. The van der Waals surface area contributed by atoms with Gasteiger partial charge in [0.25, 0.3) is 0 Å². The Balaban J connectivity index is 1.20. The average molecular weight is 642 g/mol. The van der Waals surface area contributed by atoms with Crippen molar-refractivity contribution in [2.45, 2.75) is 38.5 Å². The number of fused-ring (bicyclic) bond motifs is 2. The first-order chi connectivity index (χ1) is 23.3. The Hall–Kier alpha value is -4.50. The number of allylic oxidation sites excluding steroid dienone is 8. The minimum Gasteiger partial charge on any atom is -0.0888 e. The molecule has 4 aromatic carbocycles. The number of hydrogen-bond acceptors (Lipinski definition) is 1.